The van der Waals surface area contributed by atoms with Crippen molar-refractivity contribution in [2.45, 2.75) is 44.9 Å². The van der Waals surface area contributed by atoms with Crippen molar-refractivity contribution in [1.29, 1.82) is 0 Å². The van der Waals surface area contributed by atoms with Gasteiger partial charge in [-0.1, -0.05) is 6.07 Å². The van der Waals surface area contributed by atoms with Gasteiger partial charge in [0.15, 0.2) is 0 Å². The second kappa shape index (κ2) is 7.23. The highest BCUT2D eigenvalue weighted by Crippen LogP contribution is 2.48. The minimum atomic E-state index is -0.469. The molecule has 1 aromatic heterocycles. The van der Waals surface area contributed by atoms with Gasteiger partial charge in [0.2, 0.25) is 11.8 Å². The Labute approximate surface area is 160 Å². The predicted octanol–water partition coefficient (Wildman–Crippen LogP) is 1.63. The van der Waals surface area contributed by atoms with Crippen molar-refractivity contribution >= 4 is 11.8 Å². The summed E-state index contributed by atoms with van der Waals surface area (Å²) in [5.41, 5.74) is 0.835. The summed E-state index contributed by atoms with van der Waals surface area (Å²) < 4.78 is 0. The molecule has 1 spiro atoms. The van der Waals surface area contributed by atoms with E-state index >= 15 is 0 Å². The average Bonchev–Trinajstić information content (AvgIpc) is 3.51. The van der Waals surface area contributed by atoms with E-state index in [1.165, 1.54) is 0 Å². The molecule has 0 unspecified atom stereocenters. The summed E-state index contributed by atoms with van der Waals surface area (Å²) in [5.74, 6) is 0.389. The van der Waals surface area contributed by atoms with Crippen molar-refractivity contribution in [3.8, 4) is 0 Å². The number of aromatic nitrogens is 1. The maximum absolute atomic E-state index is 12.7. The molecule has 3 heterocycles. The highest BCUT2D eigenvalue weighted by molar-refractivity contribution is 5.85. The fourth-order valence-corrected chi connectivity index (χ4v) is 4.63. The van der Waals surface area contributed by atoms with E-state index in [4.69, 9.17) is 0 Å². The highest BCUT2D eigenvalue weighted by atomic mass is 16.3. The quantitative estimate of drug-likeness (QED) is 0.854. The minimum absolute atomic E-state index is 0.0237. The first-order valence-electron chi connectivity index (χ1n) is 10.1. The standard InChI is InChI=1S/C21H29N3O3/c25-16-21(6-7-21)19(27)23-12-8-20(9-13-23)5-3-18(26)24(15-20)11-4-17-2-1-10-22-14-17/h1-2,10,14,25H,3-9,11-13,15-16H2. The van der Waals surface area contributed by atoms with E-state index in [0.717, 1.165) is 70.3 Å². The van der Waals surface area contributed by atoms with E-state index in [1.807, 2.05) is 22.1 Å². The number of carbonyl (C=O) groups excluding carboxylic acids is 2. The van der Waals surface area contributed by atoms with Gasteiger partial charge in [-0.2, -0.15) is 0 Å². The minimum Gasteiger partial charge on any atom is -0.395 e. The summed E-state index contributed by atoms with van der Waals surface area (Å²) >= 11 is 0. The van der Waals surface area contributed by atoms with Crippen LogP contribution in [0.3, 0.4) is 0 Å². The molecule has 1 aromatic rings. The molecule has 6 heteroatoms. The molecule has 2 amide bonds. The third-order valence-corrected chi connectivity index (χ3v) is 6.86. The largest absolute Gasteiger partial charge is 0.395 e. The molecular formula is C21H29N3O3. The third-order valence-electron chi connectivity index (χ3n) is 6.86. The van der Waals surface area contributed by atoms with Crippen LogP contribution in [0.15, 0.2) is 24.5 Å². The number of hydrogen-bond donors (Lipinski definition) is 1. The van der Waals surface area contributed by atoms with E-state index in [-0.39, 0.29) is 23.8 Å². The molecule has 3 aliphatic rings. The van der Waals surface area contributed by atoms with Crippen LogP contribution < -0.4 is 0 Å². The lowest BCUT2D eigenvalue weighted by atomic mass is 9.72. The number of amides is 2. The molecule has 6 nitrogen and oxygen atoms in total. The van der Waals surface area contributed by atoms with Crippen molar-refractivity contribution in [3.05, 3.63) is 30.1 Å². The Balaban J connectivity index is 1.34. The van der Waals surface area contributed by atoms with Crippen LogP contribution in [0.1, 0.15) is 44.1 Å². The number of piperidine rings is 2. The Morgan fingerprint density at radius 1 is 1.19 bits per heavy atom. The smallest absolute Gasteiger partial charge is 0.231 e. The van der Waals surface area contributed by atoms with Crippen LogP contribution in [-0.2, 0) is 16.0 Å². The normalized spacial score (nSPS) is 23.5. The van der Waals surface area contributed by atoms with Crippen LogP contribution >= 0.6 is 0 Å². The van der Waals surface area contributed by atoms with Crippen LogP contribution in [0.5, 0.6) is 0 Å². The van der Waals surface area contributed by atoms with E-state index < -0.39 is 5.41 Å². The summed E-state index contributed by atoms with van der Waals surface area (Å²) in [6.07, 6.45) is 9.56. The highest BCUT2D eigenvalue weighted by Gasteiger charge is 2.52. The van der Waals surface area contributed by atoms with Crippen molar-refractivity contribution in [3.63, 3.8) is 0 Å². The van der Waals surface area contributed by atoms with Crippen LogP contribution in [0.25, 0.3) is 0 Å². The lowest BCUT2D eigenvalue weighted by Crippen LogP contribution is -2.53. The molecule has 4 rings (SSSR count). The number of likely N-dealkylation sites (tertiary alicyclic amines) is 2. The fraction of sp³-hybridized carbons (Fsp3) is 0.667. The van der Waals surface area contributed by atoms with Gasteiger partial charge < -0.3 is 14.9 Å². The third kappa shape index (κ3) is 3.72. The maximum atomic E-state index is 12.7. The number of hydrogen-bond acceptors (Lipinski definition) is 4. The van der Waals surface area contributed by atoms with Crippen LogP contribution in [0.2, 0.25) is 0 Å². The van der Waals surface area contributed by atoms with Crippen molar-refractivity contribution in [2.75, 3.05) is 32.8 Å². The Morgan fingerprint density at radius 3 is 2.59 bits per heavy atom. The molecule has 27 heavy (non-hydrogen) atoms. The van der Waals surface area contributed by atoms with Crippen molar-refractivity contribution < 1.29 is 14.7 Å². The first kappa shape index (κ1) is 18.4. The average molecular weight is 371 g/mol. The SMILES string of the molecule is O=C1CCC2(CCN(C(=O)C3(CO)CC3)CC2)CN1CCc1cccnc1. The molecule has 146 valence electrons. The molecule has 0 atom stereocenters. The van der Waals surface area contributed by atoms with Gasteiger partial charge in [0, 0.05) is 45.0 Å². The van der Waals surface area contributed by atoms with Crippen LogP contribution in [-0.4, -0.2) is 64.5 Å². The van der Waals surface area contributed by atoms with Crippen molar-refractivity contribution in [1.82, 2.24) is 14.8 Å². The van der Waals surface area contributed by atoms with Gasteiger partial charge in [0.05, 0.1) is 12.0 Å². The number of carbonyl (C=O) groups is 2. The predicted molar refractivity (Wildman–Crippen MR) is 101 cm³/mol. The van der Waals surface area contributed by atoms with Gasteiger partial charge in [-0.3, -0.25) is 14.6 Å². The molecule has 0 radical (unpaired) electrons. The molecule has 1 aliphatic carbocycles. The van der Waals surface area contributed by atoms with Crippen molar-refractivity contribution in [2.24, 2.45) is 10.8 Å². The molecule has 0 aromatic carbocycles. The van der Waals surface area contributed by atoms with E-state index in [2.05, 4.69) is 11.1 Å². The summed E-state index contributed by atoms with van der Waals surface area (Å²) in [5, 5.41) is 9.52. The Bertz CT molecular complexity index is 694. The summed E-state index contributed by atoms with van der Waals surface area (Å²) in [6.45, 7) is 3.03. The first-order chi connectivity index (χ1) is 13.1. The van der Waals surface area contributed by atoms with Crippen LogP contribution in [0.4, 0.5) is 0 Å². The molecule has 1 N–H and O–H groups in total. The van der Waals surface area contributed by atoms with Gasteiger partial charge in [0.1, 0.15) is 0 Å². The molecule has 0 bridgehead atoms. The summed E-state index contributed by atoms with van der Waals surface area (Å²) in [4.78, 5) is 33.2. The number of pyridine rings is 1. The maximum Gasteiger partial charge on any atom is 0.231 e. The molecule has 1 saturated carbocycles. The molecule has 2 aliphatic heterocycles. The van der Waals surface area contributed by atoms with E-state index in [9.17, 15) is 14.7 Å². The Kier molecular flexibility index (Phi) is 4.93. The number of rotatable bonds is 5. The van der Waals surface area contributed by atoms with Gasteiger partial charge in [-0.05, 0) is 55.6 Å². The number of aliphatic hydroxyl groups is 1. The molecular weight excluding hydrogens is 342 g/mol. The van der Waals surface area contributed by atoms with E-state index in [1.54, 1.807) is 6.20 Å². The topological polar surface area (TPSA) is 73.7 Å². The monoisotopic (exact) mass is 371 g/mol. The van der Waals surface area contributed by atoms with Gasteiger partial charge in [0.25, 0.3) is 0 Å². The zero-order chi connectivity index (χ0) is 18.9. The first-order valence-corrected chi connectivity index (χ1v) is 10.1. The zero-order valence-corrected chi connectivity index (χ0v) is 15.9. The van der Waals surface area contributed by atoms with Crippen LogP contribution in [0, 0.1) is 10.8 Å². The fourth-order valence-electron chi connectivity index (χ4n) is 4.63. The second-order valence-corrected chi connectivity index (χ2v) is 8.66. The number of aliphatic hydroxyl groups excluding tert-OH is 1. The lowest BCUT2D eigenvalue weighted by Gasteiger charge is -2.48. The Morgan fingerprint density at radius 2 is 1.96 bits per heavy atom. The van der Waals surface area contributed by atoms with Gasteiger partial charge in [-0.15, -0.1) is 0 Å². The molecule has 3 fully saturated rings. The second-order valence-electron chi connectivity index (χ2n) is 8.66. The van der Waals surface area contributed by atoms with Gasteiger partial charge in [-0.25, -0.2) is 0 Å². The molecule has 2 saturated heterocycles. The summed E-state index contributed by atoms with van der Waals surface area (Å²) in [6, 6.07) is 3.98. The van der Waals surface area contributed by atoms with E-state index in [0.29, 0.717) is 6.42 Å². The van der Waals surface area contributed by atoms with Gasteiger partial charge >= 0.3 is 0 Å². The lowest BCUT2D eigenvalue weighted by molar-refractivity contribution is -0.145. The summed E-state index contributed by atoms with van der Waals surface area (Å²) in [7, 11) is 0. The Hall–Kier alpha value is -1.95. The number of nitrogens with zero attached hydrogens (tertiary/aromatic N) is 3. The zero-order valence-electron chi connectivity index (χ0n) is 15.9.